The van der Waals surface area contributed by atoms with Crippen LogP contribution in [0.1, 0.15) is 37.0 Å². The van der Waals surface area contributed by atoms with E-state index in [2.05, 4.69) is 11.8 Å². The van der Waals surface area contributed by atoms with E-state index in [0.717, 1.165) is 30.8 Å². The Hall–Kier alpha value is -1.46. The molecular formula is C14H16O2. The Morgan fingerprint density at radius 1 is 1.50 bits per heavy atom. The van der Waals surface area contributed by atoms with Gasteiger partial charge in [0, 0.05) is 12.8 Å². The van der Waals surface area contributed by atoms with Gasteiger partial charge in [0.05, 0.1) is 12.7 Å². The molecule has 1 atom stereocenters. The number of aliphatic hydroxyl groups excluding tert-OH is 1. The third-order valence-corrected chi connectivity index (χ3v) is 2.82. The maximum atomic E-state index is 9.97. The van der Waals surface area contributed by atoms with Gasteiger partial charge in [0.2, 0.25) is 0 Å². The molecule has 0 bridgehead atoms. The summed E-state index contributed by atoms with van der Waals surface area (Å²) < 4.78 is 5.43. The average Bonchev–Trinajstić information content (AvgIpc) is 2.76. The lowest BCUT2D eigenvalue weighted by molar-refractivity contribution is 0.169. The minimum absolute atomic E-state index is 0.410. The van der Waals surface area contributed by atoms with E-state index < -0.39 is 6.10 Å². The van der Waals surface area contributed by atoms with Crippen LogP contribution < -0.4 is 4.74 Å². The van der Waals surface area contributed by atoms with Crippen LogP contribution >= 0.6 is 0 Å². The van der Waals surface area contributed by atoms with Crippen molar-refractivity contribution in [3.63, 3.8) is 0 Å². The molecule has 0 radical (unpaired) electrons. The third kappa shape index (κ3) is 2.37. The van der Waals surface area contributed by atoms with Gasteiger partial charge in [-0.1, -0.05) is 6.07 Å². The number of ether oxygens (including phenoxy) is 1. The van der Waals surface area contributed by atoms with Gasteiger partial charge < -0.3 is 9.84 Å². The quantitative estimate of drug-likeness (QED) is 0.786. The second-order valence-electron chi connectivity index (χ2n) is 3.95. The molecule has 1 aromatic carbocycles. The van der Waals surface area contributed by atoms with Gasteiger partial charge in [0.1, 0.15) is 5.75 Å². The van der Waals surface area contributed by atoms with Crippen molar-refractivity contribution in [3.05, 3.63) is 29.3 Å². The molecule has 0 saturated heterocycles. The molecule has 0 aromatic heterocycles. The summed E-state index contributed by atoms with van der Waals surface area (Å²) in [6, 6.07) is 5.94. The van der Waals surface area contributed by atoms with E-state index in [1.165, 1.54) is 5.56 Å². The van der Waals surface area contributed by atoms with Crippen LogP contribution in [0.25, 0.3) is 0 Å². The van der Waals surface area contributed by atoms with E-state index in [0.29, 0.717) is 6.42 Å². The van der Waals surface area contributed by atoms with Gasteiger partial charge in [-0.25, -0.2) is 0 Å². The number of benzene rings is 1. The predicted molar refractivity (Wildman–Crippen MR) is 63.3 cm³/mol. The lowest BCUT2D eigenvalue weighted by atomic mass is 10.0. The summed E-state index contributed by atoms with van der Waals surface area (Å²) in [5.74, 6) is 6.76. The van der Waals surface area contributed by atoms with E-state index in [-0.39, 0.29) is 0 Å². The van der Waals surface area contributed by atoms with Crippen molar-refractivity contribution in [1.82, 2.24) is 0 Å². The van der Waals surface area contributed by atoms with Crippen LogP contribution in [0, 0.1) is 11.8 Å². The maximum absolute atomic E-state index is 9.97. The largest absolute Gasteiger partial charge is 0.493 e. The topological polar surface area (TPSA) is 29.5 Å². The highest BCUT2D eigenvalue weighted by Gasteiger charge is 2.14. The average molecular weight is 216 g/mol. The predicted octanol–water partition coefficient (Wildman–Crippen LogP) is 2.46. The fraction of sp³-hybridized carbons (Fsp3) is 0.429. The molecule has 0 aliphatic carbocycles. The smallest absolute Gasteiger partial charge is 0.122 e. The second-order valence-corrected chi connectivity index (χ2v) is 3.95. The fourth-order valence-corrected chi connectivity index (χ4v) is 1.91. The number of hydrogen-bond donors (Lipinski definition) is 1. The van der Waals surface area contributed by atoms with E-state index in [4.69, 9.17) is 4.74 Å². The zero-order valence-corrected chi connectivity index (χ0v) is 9.49. The molecule has 84 valence electrons. The molecule has 1 N–H and O–H groups in total. The third-order valence-electron chi connectivity index (χ3n) is 2.82. The molecule has 1 aliphatic heterocycles. The Bertz CT molecular complexity index is 426. The van der Waals surface area contributed by atoms with E-state index in [9.17, 15) is 5.11 Å². The molecular weight excluding hydrogens is 200 g/mol. The van der Waals surface area contributed by atoms with E-state index in [1.807, 2.05) is 25.1 Å². The normalized spacial score (nSPS) is 14.6. The number of fused-ring (bicyclic) bond motifs is 1. The van der Waals surface area contributed by atoms with Gasteiger partial charge in [0.15, 0.2) is 0 Å². The molecule has 2 rings (SSSR count). The van der Waals surface area contributed by atoms with Gasteiger partial charge >= 0.3 is 0 Å². The SMILES string of the molecule is CC#CCCC(O)c1ccc2c(c1)CCO2. The molecule has 16 heavy (non-hydrogen) atoms. The van der Waals surface area contributed by atoms with Crippen LogP contribution in [0.4, 0.5) is 0 Å². The zero-order chi connectivity index (χ0) is 11.4. The molecule has 1 heterocycles. The summed E-state index contributed by atoms with van der Waals surface area (Å²) in [5.41, 5.74) is 2.18. The summed E-state index contributed by atoms with van der Waals surface area (Å²) in [5, 5.41) is 9.97. The van der Waals surface area contributed by atoms with Crippen LogP contribution in [0.5, 0.6) is 5.75 Å². The second kappa shape index (κ2) is 5.05. The van der Waals surface area contributed by atoms with Crippen LogP contribution in [0.3, 0.4) is 0 Å². The Labute approximate surface area is 96.3 Å². The van der Waals surface area contributed by atoms with E-state index in [1.54, 1.807) is 0 Å². The summed E-state index contributed by atoms with van der Waals surface area (Å²) in [6.07, 6.45) is 1.97. The van der Waals surface area contributed by atoms with Gasteiger partial charge in [-0.05, 0) is 36.6 Å². The Morgan fingerprint density at radius 3 is 3.19 bits per heavy atom. The van der Waals surface area contributed by atoms with Crippen molar-refractivity contribution >= 4 is 0 Å². The van der Waals surface area contributed by atoms with Crippen molar-refractivity contribution in [2.45, 2.75) is 32.3 Å². The number of aliphatic hydroxyl groups is 1. The van der Waals surface area contributed by atoms with Crippen LogP contribution in [-0.4, -0.2) is 11.7 Å². The minimum Gasteiger partial charge on any atom is -0.493 e. The standard InChI is InChI=1S/C14H16O2/c1-2-3-4-5-13(15)11-6-7-14-12(10-11)8-9-16-14/h6-7,10,13,15H,4-5,8-9H2,1H3. The first-order valence-electron chi connectivity index (χ1n) is 5.64. The van der Waals surface area contributed by atoms with Crippen molar-refractivity contribution in [1.29, 1.82) is 0 Å². The maximum Gasteiger partial charge on any atom is 0.122 e. The molecule has 2 nitrogen and oxygen atoms in total. The molecule has 0 fully saturated rings. The monoisotopic (exact) mass is 216 g/mol. The first-order valence-corrected chi connectivity index (χ1v) is 5.64. The van der Waals surface area contributed by atoms with Crippen molar-refractivity contribution in [2.75, 3.05) is 6.61 Å². The van der Waals surface area contributed by atoms with Crippen molar-refractivity contribution in [3.8, 4) is 17.6 Å². The molecule has 1 aromatic rings. The lowest BCUT2D eigenvalue weighted by Gasteiger charge is -2.10. The molecule has 1 aliphatic rings. The highest BCUT2D eigenvalue weighted by Crippen LogP contribution is 2.29. The van der Waals surface area contributed by atoms with Crippen LogP contribution in [-0.2, 0) is 6.42 Å². The molecule has 0 amide bonds. The van der Waals surface area contributed by atoms with Crippen molar-refractivity contribution < 1.29 is 9.84 Å². The summed E-state index contributed by atoms with van der Waals surface area (Å²) in [7, 11) is 0. The van der Waals surface area contributed by atoms with Gasteiger partial charge in [0.25, 0.3) is 0 Å². The summed E-state index contributed by atoms with van der Waals surface area (Å²) in [6.45, 7) is 2.58. The Balaban J connectivity index is 2.05. The fourth-order valence-electron chi connectivity index (χ4n) is 1.91. The molecule has 0 saturated carbocycles. The van der Waals surface area contributed by atoms with Crippen LogP contribution in [0.15, 0.2) is 18.2 Å². The van der Waals surface area contributed by atoms with Gasteiger partial charge in [-0.2, -0.15) is 0 Å². The zero-order valence-electron chi connectivity index (χ0n) is 9.49. The Kier molecular flexibility index (Phi) is 3.48. The molecule has 1 unspecified atom stereocenters. The first-order chi connectivity index (χ1) is 7.81. The molecule has 2 heteroatoms. The molecule has 0 spiro atoms. The van der Waals surface area contributed by atoms with Gasteiger partial charge in [-0.3, -0.25) is 0 Å². The highest BCUT2D eigenvalue weighted by molar-refractivity contribution is 5.40. The van der Waals surface area contributed by atoms with Crippen LogP contribution in [0.2, 0.25) is 0 Å². The van der Waals surface area contributed by atoms with Gasteiger partial charge in [-0.15, -0.1) is 11.8 Å². The number of rotatable bonds is 3. The number of hydrogen-bond acceptors (Lipinski definition) is 2. The van der Waals surface area contributed by atoms with E-state index >= 15 is 0 Å². The minimum atomic E-state index is -0.410. The Morgan fingerprint density at radius 2 is 2.38 bits per heavy atom. The first kappa shape index (κ1) is 11.0. The lowest BCUT2D eigenvalue weighted by Crippen LogP contribution is -1.97. The summed E-state index contributed by atoms with van der Waals surface area (Å²) in [4.78, 5) is 0. The van der Waals surface area contributed by atoms with Crippen molar-refractivity contribution in [2.24, 2.45) is 0 Å². The highest BCUT2D eigenvalue weighted by atomic mass is 16.5. The summed E-state index contributed by atoms with van der Waals surface area (Å²) >= 11 is 0.